The van der Waals surface area contributed by atoms with Gasteiger partial charge in [0.1, 0.15) is 0 Å². The molecule has 1 N–H and O–H groups in total. The van der Waals surface area contributed by atoms with Crippen LogP contribution in [0.2, 0.25) is 0 Å². The lowest BCUT2D eigenvalue weighted by Gasteiger charge is -2.31. The number of carbonyl (C=O) groups is 2. The molecule has 21 heavy (non-hydrogen) atoms. The molecule has 114 valence electrons. The second kappa shape index (κ2) is 7.25. The number of hydrogen-bond donors (Lipinski definition) is 1. The van der Waals surface area contributed by atoms with Gasteiger partial charge in [0.2, 0.25) is 5.91 Å². The SMILES string of the molecule is Cc1ccccc1C(=O)NCCC(=O)N1CCC[C@@H](C)C1. The third kappa shape index (κ3) is 4.31. The Balaban J connectivity index is 1.77. The van der Waals surface area contributed by atoms with Crippen LogP contribution in [0.1, 0.15) is 42.1 Å². The molecule has 1 aliphatic heterocycles. The predicted molar refractivity (Wildman–Crippen MR) is 83.1 cm³/mol. The van der Waals surface area contributed by atoms with E-state index in [0.29, 0.717) is 24.4 Å². The fourth-order valence-corrected chi connectivity index (χ4v) is 2.78. The Morgan fingerprint density at radius 1 is 1.33 bits per heavy atom. The summed E-state index contributed by atoms with van der Waals surface area (Å²) in [5.74, 6) is 0.629. The molecule has 0 spiro atoms. The largest absolute Gasteiger partial charge is 0.352 e. The molecule has 1 aromatic rings. The van der Waals surface area contributed by atoms with E-state index in [1.807, 2.05) is 30.0 Å². The highest BCUT2D eigenvalue weighted by atomic mass is 16.2. The summed E-state index contributed by atoms with van der Waals surface area (Å²) in [6, 6.07) is 7.48. The number of carbonyl (C=O) groups excluding carboxylic acids is 2. The number of amides is 2. The zero-order chi connectivity index (χ0) is 15.2. The van der Waals surface area contributed by atoms with Crippen molar-refractivity contribution in [3.05, 3.63) is 35.4 Å². The average Bonchev–Trinajstić information content (AvgIpc) is 2.47. The Morgan fingerprint density at radius 3 is 2.81 bits per heavy atom. The molecule has 0 unspecified atom stereocenters. The fraction of sp³-hybridized carbons (Fsp3) is 0.529. The second-order valence-electron chi connectivity index (χ2n) is 5.91. The van der Waals surface area contributed by atoms with E-state index in [0.717, 1.165) is 25.1 Å². The monoisotopic (exact) mass is 288 g/mol. The Bertz CT molecular complexity index is 513. The summed E-state index contributed by atoms with van der Waals surface area (Å²) in [7, 11) is 0. The molecule has 0 saturated carbocycles. The maximum atomic E-state index is 12.1. The van der Waals surface area contributed by atoms with E-state index in [4.69, 9.17) is 0 Å². The first-order valence-electron chi connectivity index (χ1n) is 7.69. The quantitative estimate of drug-likeness (QED) is 0.924. The van der Waals surface area contributed by atoms with E-state index < -0.39 is 0 Å². The number of nitrogens with one attached hydrogen (secondary N) is 1. The molecule has 0 radical (unpaired) electrons. The van der Waals surface area contributed by atoms with Gasteiger partial charge in [-0.1, -0.05) is 25.1 Å². The molecule has 0 bridgehead atoms. The molecule has 0 aliphatic carbocycles. The zero-order valence-corrected chi connectivity index (χ0v) is 12.9. The number of hydrogen-bond acceptors (Lipinski definition) is 2. The molecule has 1 fully saturated rings. The van der Waals surface area contributed by atoms with E-state index in [-0.39, 0.29) is 11.8 Å². The smallest absolute Gasteiger partial charge is 0.251 e. The van der Waals surface area contributed by atoms with Crippen LogP contribution in [0, 0.1) is 12.8 Å². The van der Waals surface area contributed by atoms with Crippen molar-refractivity contribution in [1.29, 1.82) is 0 Å². The van der Waals surface area contributed by atoms with Crippen LogP contribution >= 0.6 is 0 Å². The molecule has 4 heteroatoms. The summed E-state index contributed by atoms with van der Waals surface area (Å²) in [6.07, 6.45) is 2.67. The van der Waals surface area contributed by atoms with Crippen LogP contribution in [-0.4, -0.2) is 36.3 Å². The number of benzene rings is 1. The fourth-order valence-electron chi connectivity index (χ4n) is 2.78. The van der Waals surface area contributed by atoms with Gasteiger partial charge in [-0.05, 0) is 37.3 Å². The van der Waals surface area contributed by atoms with Crippen molar-refractivity contribution in [3.63, 3.8) is 0 Å². The van der Waals surface area contributed by atoms with E-state index in [1.165, 1.54) is 6.42 Å². The summed E-state index contributed by atoms with van der Waals surface area (Å²) in [6.45, 7) is 6.20. The Labute approximate surface area is 126 Å². The summed E-state index contributed by atoms with van der Waals surface area (Å²) < 4.78 is 0. The third-order valence-corrected chi connectivity index (χ3v) is 4.02. The van der Waals surface area contributed by atoms with Crippen molar-refractivity contribution in [1.82, 2.24) is 10.2 Å². The van der Waals surface area contributed by atoms with Crippen LogP contribution in [0.15, 0.2) is 24.3 Å². The van der Waals surface area contributed by atoms with Crippen molar-refractivity contribution in [2.45, 2.75) is 33.1 Å². The summed E-state index contributed by atoms with van der Waals surface area (Å²) in [5, 5.41) is 2.83. The van der Waals surface area contributed by atoms with E-state index in [2.05, 4.69) is 12.2 Å². The van der Waals surface area contributed by atoms with Crippen LogP contribution < -0.4 is 5.32 Å². The number of aryl methyl sites for hydroxylation is 1. The molecular formula is C17H24N2O2. The summed E-state index contributed by atoms with van der Waals surface area (Å²) in [4.78, 5) is 26.1. The minimum atomic E-state index is -0.104. The molecular weight excluding hydrogens is 264 g/mol. The molecule has 4 nitrogen and oxygen atoms in total. The van der Waals surface area contributed by atoms with Gasteiger partial charge in [-0.15, -0.1) is 0 Å². The molecule has 1 aliphatic rings. The summed E-state index contributed by atoms with van der Waals surface area (Å²) >= 11 is 0. The van der Waals surface area contributed by atoms with Crippen molar-refractivity contribution >= 4 is 11.8 Å². The second-order valence-corrected chi connectivity index (χ2v) is 5.91. The van der Waals surface area contributed by atoms with Gasteiger partial charge < -0.3 is 10.2 Å². The minimum Gasteiger partial charge on any atom is -0.352 e. The first-order valence-corrected chi connectivity index (χ1v) is 7.69. The average molecular weight is 288 g/mol. The molecule has 2 rings (SSSR count). The Hall–Kier alpha value is -1.84. The number of rotatable bonds is 4. The van der Waals surface area contributed by atoms with E-state index >= 15 is 0 Å². The Kier molecular flexibility index (Phi) is 5.37. The maximum Gasteiger partial charge on any atom is 0.251 e. The lowest BCUT2D eigenvalue weighted by Crippen LogP contribution is -2.40. The van der Waals surface area contributed by atoms with Crippen LogP contribution in [0.25, 0.3) is 0 Å². The lowest BCUT2D eigenvalue weighted by molar-refractivity contribution is -0.132. The molecule has 1 saturated heterocycles. The highest BCUT2D eigenvalue weighted by molar-refractivity contribution is 5.95. The lowest BCUT2D eigenvalue weighted by atomic mass is 10.00. The van der Waals surface area contributed by atoms with Gasteiger partial charge in [-0.2, -0.15) is 0 Å². The van der Waals surface area contributed by atoms with Crippen LogP contribution in [0.4, 0.5) is 0 Å². The molecule has 1 atom stereocenters. The molecule has 1 heterocycles. The Morgan fingerprint density at radius 2 is 2.10 bits per heavy atom. The zero-order valence-electron chi connectivity index (χ0n) is 12.9. The van der Waals surface area contributed by atoms with E-state index in [9.17, 15) is 9.59 Å². The topological polar surface area (TPSA) is 49.4 Å². The van der Waals surface area contributed by atoms with Gasteiger partial charge in [0, 0.05) is 31.6 Å². The summed E-state index contributed by atoms with van der Waals surface area (Å²) in [5.41, 5.74) is 1.63. The van der Waals surface area contributed by atoms with Crippen LogP contribution in [-0.2, 0) is 4.79 Å². The number of nitrogens with zero attached hydrogens (tertiary/aromatic N) is 1. The highest BCUT2D eigenvalue weighted by Gasteiger charge is 2.20. The van der Waals surface area contributed by atoms with Crippen molar-refractivity contribution in [2.75, 3.05) is 19.6 Å². The van der Waals surface area contributed by atoms with Crippen molar-refractivity contribution < 1.29 is 9.59 Å². The van der Waals surface area contributed by atoms with Crippen molar-refractivity contribution in [2.24, 2.45) is 5.92 Å². The van der Waals surface area contributed by atoms with Gasteiger partial charge in [0.25, 0.3) is 5.91 Å². The standard InChI is InChI=1S/C17H24N2O2/c1-13-6-5-11-19(12-13)16(20)9-10-18-17(21)15-8-4-3-7-14(15)2/h3-4,7-8,13H,5-6,9-12H2,1-2H3,(H,18,21)/t13-/m1/s1. The van der Waals surface area contributed by atoms with Gasteiger partial charge in [0.05, 0.1) is 0 Å². The van der Waals surface area contributed by atoms with Gasteiger partial charge in [-0.25, -0.2) is 0 Å². The predicted octanol–water partition coefficient (Wildman–Crippen LogP) is 2.37. The first kappa shape index (κ1) is 15.5. The number of piperidine rings is 1. The normalized spacial score (nSPS) is 18.4. The third-order valence-electron chi connectivity index (χ3n) is 4.02. The highest BCUT2D eigenvalue weighted by Crippen LogP contribution is 2.16. The number of likely N-dealkylation sites (tertiary alicyclic amines) is 1. The van der Waals surface area contributed by atoms with Crippen molar-refractivity contribution in [3.8, 4) is 0 Å². The minimum absolute atomic E-state index is 0.104. The van der Waals surface area contributed by atoms with Gasteiger partial charge >= 0.3 is 0 Å². The molecule has 1 aromatic carbocycles. The van der Waals surface area contributed by atoms with Gasteiger partial charge in [0.15, 0.2) is 0 Å². The molecule has 0 aromatic heterocycles. The maximum absolute atomic E-state index is 12.1. The van der Waals surface area contributed by atoms with E-state index in [1.54, 1.807) is 6.07 Å². The van der Waals surface area contributed by atoms with Crippen LogP contribution in [0.3, 0.4) is 0 Å². The van der Waals surface area contributed by atoms with Gasteiger partial charge in [-0.3, -0.25) is 9.59 Å². The first-order chi connectivity index (χ1) is 10.1. The molecule has 2 amide bonds. The van der Waals surface area contributed by atoms with Crippen LogP contribution in [0.5, 0.6) is 0 Å².